The van der Waals surface area contributed by atoms with Crippen molar-refractivity contribution in [1.82, 2.24) is 0 Å². The number of hydrogen-bond acceptors (Lipinski definition) is 4. The lowest BCUT2D eigenvalue weighted by molar-refractivity contribution is 0.399. The van der Waals surface area contributed by atoms with E-state index in [1.165, 1.54) is 0 Å². The van der Waals surface area contributed by atoms with Gasteiger partial charge in [-0.1, -0.05) is 29.8 Å². The van der Waals surface area contributed by atoms with Crippen LogP contribution in [-0.2, 0) is 6.54 Å². The average molecular weight is 370 g/mol. The molecule has 5 heteroatoms. The van der Waals surface area contributed by atoms with Crippen LogP contribution in [0.2, 0.25) is 5.02 Å². The van der Waals surface area contributed by atoms with Crippen molar-refractivity contribution in [1.29, 1.82) is 0 Å². The molecule has 0 saturated carbocycles. The molecule has 3 rings (SSSR count). The third-order valence-corrected chi connectivity index (χ3v) is 4.10. The summed E-state index contributed by atoms with van der Waals surface area (Å²) in [5.41, 5.74) is 1.77. The van der Waals surface area contributed by atoms with Crippen molar-refractivity contribution in [3.05, 3.63) is 77.3 Å². The summed E-state index contributed by atoms with van der Waals surface area (Å²) in [7, 11) is 3.29. The van der Waals surface area contributed by atoms with Crippen LogP contribution >= 0.6 is 11.6 Å². The molecule has 0 bridgehead atoms. The Morgan fingerprint density at radius 3 is 2.31 bits per heavy atom. The molecule has 134 valence electrons. The van der Waals surface area contributed by atoms with Gasteiger partial charge in [-0.05, 0) is 48.5 Å². The van der Waals surface area contributed by atoms with Crippen LogP contribution in [0.15, 0.2) is 66.7 Å². The number of para-hydroxylation sites is 1. The first kappa shape index (κ1) is 18.0. The van der Waals surface area contributed by atoms with Gasteiger partial charge in [-0.2, -0.15) is 0 Å². The van der Waals surface area contributed by atoms with E-state index in [1.54, 1.807) is 20.3 Å². The van der Waals surface area contributed by atoms with E-state index in [-0.39, 0.29) is 0 Å². The van der Waals surface area contributed by atoms with E-state index in [1.807, 2.05) is 60.7 Å². The van der Waals surface area contributed by atoms with Crippen LogP contribution in [0.3, 0.4) is 0 Å². The Kier molecular flexibility index (Phi) is 5.87. The molecule has 4 nitrogen and oxygen atoms in total. The van der Waals surface area contributed by atoms with Gasteiger partial charge in [0.05, 0.1) is 19.9 Å². The van der Waals surface area contributed by atoms with Crippen LogP contribution in [-0.4, -0.2) is 14.2 Å². The Balaban J connectivity index is 1.82. The van der Waals surface area contributed by atoms with E-state index in [9.17, 15) is 0 Å². The van der Waals surface area contributed by atoms with E-state index >= 15 is 0 Å². The minimum Gasteiger partial charge on any atom is -0.497 e. The largest absolute Gasteiger partial charge is 0.497 e. The molecule has 0 atom stereocenters. The molecule has 0 fully saturated rings. The second-order valence-electron chi connectivity index (χ2n) is 5.59. The summed E-state index contributed by atoms with van der Waals surface area (Å²) in [6.45, 7) is 0.534. The smallest absolute Gasteiger partial charge is 0.150 e. The average Bonchev–Trinajstić information content (AvgIpc) is 2.68. The van der Waals surface area contributed by atoms with Gasteiger partial charge in [-0.15, -0.1) is 0 Å². The Morgan fingerprint density at radius 2 is 1.58 bits per heavy atom. The van der Waals surface area contributed by atoms with Crippen molar-refractivity contribution in [2.24, 2.45) is 0 Å². The summed E-state index contributed by atoms with van der Waals surface area (Å²) in [5.74, 6) is 3.01. The van der Waals surface area contributed by atoms with Crippen molar-refractivity contribution < 1.29 is 14.2 Å². The quantitative estimate of drug-likeness (QED) is 0.574. The molecule has 3 aromatic carbocycles. The van der Waals surface area contributed by atoms with Crippen molar-refractivity contribution in [3.63, 3.8) is 0 Å². The summed E-state index contributed by atoms with van der Waals surface area (Å²) >= 11 is 6.17. The highest BCUT2D eigenvalue weighted by Crippen LogP contribution is 2.33. The van der Waals surface area contributed by atoms with Crippen LogP contribution in [0.1, 0.15) is 5.56 Å². The first-order valence-electron chi connectivity index (χ1n) is 8.17. The van der Waals surface area contributed by atoms with Crippen LogP contribution < -0.4 is 19.5 Å². The summed E-state index contributed by atoms with van der Waals surface area (Å²) in [6.07, 6.45) is 0. The lowest BCUT2D eigenvalue weighted by Gasteiger charge is -2.15. The molecule has 0 spiro atoms. The molecule has 0 aliphatic heterocycles. The van der Waals surface area contributed by atoms with E-state index < -0.39 is 0 Å². The minimum absolute atomic E-state index is 0.534. The van der Waals surface area contributed by atoms with Gasteiger partial charge >= 0.3 is 0 Å². The first-order valence-corrected chi connectivity index (χ1v) is 8.54. The second-order valence-corrected chi connectivity index (χ2v) is 6.02. The number of methoxy groups -OCH3 is 2. The normalized spacial score (nSPS) is 10.3. The minimum atomic E-state index is 0.534. The standard InChI is InChI=1S/C21H20ClNO3/c1-24-18-9-11-20(25-2)15(12-18)14-23-19-13-16(22)8-10-21(19)26-17-6-4-3-5-7-17/h3-13,23H,14H2,1-2H3. The first-order chi connectivity index (χ1) is 12.7. The lowest BCUT2D eigenvalue weighted by atomic mass is 10.1. The van der Waals surface area contributed by atoms with E-state index in [0.717, 1.165) is 28.5 Å². The molecule has 0 heterocycles. The molecule has 0 radical (unpaired) electrons. The predicted octanol–water partition coefficient (Wildman–Crippen LogP) is 5.76. The van der Waals surface area contributed by atoms with Crippen LogP contribution in [0.5, 0.6) is 23.0 Å². The summed E-state index contributed by atoms with van der Waals surface area (Å²) in [6, 6.07) is 20.8. The highest BCUT2D eigenvalue weighted by molar-refractivity contribution is 6.30. The maximum absolute atomic E-state index is 6.17. The highest BCUT2D eigenvalue weighted by Gasteiger charge is 2.09. The Hall–Kier alpha value is -2.85. The molecule has 0 aliphatic rings. The zero-order valence-electron chi connectivity index (χ0n) is 14.7. The molecular formula is C21H20ClNO3. The predicted molar refractivity (Wildman–Crippen MR) is 105 cm³/mol. The van der Waals surface area contributed by atoms with Crippen molar-refractivity contribution in [2.45, 2.75) is 6.54 Å². The van der Waals surface area contributed by atoms with Gasteiger partial charge in [-0.3, -0.25) is 0 Å². The summed E-state index contributed by atoms with van der Waals surface area (Å²) in [4.78, 5) is 0. The topological polar surface area (TPSA) is 39.7 Å². The van der Waals surface area contributed by atoms with Gasteiger partial charge in [0.2, 0.25) is 0 Å². The molecule has 0 aliphatic carbocycles. The van der Waals surface area contributed by atoms with Crippen LogP contribution in [0.4, 0.5) is 5.69 Å². The lowest BCUT2D eigenvalue weighted by Crippen LogP contribution is -2.03. The van der Waals surface area contributed by atoms with Gasteiger partial charge in [0.1, 0.15) is 17.2 Å². The SMILES string of the molecule is COc1ccc(OC)c(CNc2cc(Cl)ccc2Oc2ccccc2)c1. The number of hydrogen-bond donors (Lipinski definition) is 1. The van der Waals surface area contributed by atoms with Crippen molar-refractivity contribution >= 4 is 17.3 Å². The number of benzene rings is 3. The maximum Gasteiger partial charge on any atom is 0.150 e. The van der Waals surface area contributed by atoms with Crippen molar-refractivity contribution in [2.75, 3.05) is 19.5 Å². The fraction of sp³-hybridized carbons (Fsp3) is 0.143. The zero-order valence-corrected chi connectivity index (χ0v) is 15.4. The Bertz CT molecular complexity index is 868. The molecule has 26 heavy (non-hydrogen) atoms. The summed E-state index contributed by atoms with van der Waals surface area (Å²) < 4.78 is 16.7. The van der Waals surface area contributed by atoms with E-state index in [0.29, 0.717) is 17.3 Å². The van der Waals surface area contributed by atoms with Gasteiger partial charge in [0.15, 0.2) is 5.75 Å². The van der Waals surface area contributed by atoms with Gasteiger partial charge in [0.25, 0.3) is 0 Å². The molecule has 0 unspecified atom stereocenters. The van der Waals surface area contributed by atoms with Crippen molar-refractivity contribution in [3.8, 4) is 23.0 Å². The fourth-order valence-corrected chi connectivity index (χ4v) is 2.73. The zero-order chi connectivity index (χ0) is 18.4. The monoisotopic (exact) mass is 369 g/mol. The van der Waals surface area contributed by atoms with Gasteiger partial charge in [0, 0.05) is 17.1 Å². The molecule has 1 N–H and O–H groups in total. The molecule has 0 saturated heterocycles. The number of ether oxygens (including phenoxy) is 3. The number of anilines is 1. The number of nitrogens with one attached hydrogen (secondary N) is 1. The molecule has 0 amide bonds. The molecule has 3 aromatic rings. The van der Waals surface area contributed by atoms with Crippen LogP contribution in [0, 0.1) is 0 Å². The van der Waals surface area contributed by atoms with Crippen LogP contribution in [0.25, 0.3) is 0 Å². The maximum atomic E-state index is 6.17. The van der Waals surface area contributed by atoms with Gasteiger partial charge in [-0.25, -0.2) is 0 Å². The van der Waals surface area contributed by atoms with Gasteiger partial charge < -0.3 is 19.5 Å². The number of halogens is 1. The fourth-order valence-electron chi connectivity index (χ4n) is 2.56. The highest BCUT2D eigenvalue weighted by atomic mass is 35.5. The molecular weight excluding hydrogens is 350 g/mol. The van der Waals surface area contributed by atoms with E-state index in [4.69, 9.17) is 25.8 Å². The third-order valence-electron chi connectivity index (χ3n) is 3.87. The third kappa shape index (κ3) is 4.41. The Morgan fingerprint density at radius 1 is 0.808 bits per heavy atom. The molecule has 0 aromatic heterocycles. The summed E-state index contributed by atoms with van der Waals surface area (Å²) in [5, 5.41) is 4.00. The number of rotatable bonds is 7. The Labute approximate surface area is 158 Å². The second kappa shape index (κ2) is 8.50. The van der Waals surface area contributed by atoms with E-state index in [2.05, 4.69) is 5.32 Å².